The molecule has 1 aromatic rings. The third kappa shape index (κ3) is 9.19. The molecule has 1 amide bonds. The van der Waals surface area contributed by atoms with Gasteiger partial charge in [-0.2, -0.15) is 0 Å². The van der Waals surface area contributed by atoms with Crippen molar-refractivity contribution in [3.8, 4) is 0 Å². The van der Waals surface area contributed by atoms with E-state index in [0.717, 1.165) is 12.5 Å². The first kappa shape index (κ1) is 25.1. The van der Waals surface area contributed by atoms with Crippen molar-refractivity contribution in [1.29, 1.82) is 0 Å². The van der Waals surface area contributed by atoms with Crippen molar-refractivity contribution in [3.63, 3.8) is 0 Å². The van der Waals surface area contributed by atoms with E-state index in [4.69, 9.17) is 4.74 Å². The molecule has 1 aliphatic heterocycles. The van der Waals surface area contributed by atoms with Gasteiger partial charge in [-0.15, -0.1) is 24.8 Å². The van der Waals surface area contributed by atoms with E-state index in [2.05, 4.69) is 40.7 Å². The molecule has 1 heterocycles. The molecule has 2 rings (SSSR count). The molecule has 0 radical (unpaired) electrons. The molecule has 1 saturated heterocycles. The standard InChI is InChI=1S/C19H31N3O2.2ClH/c1-16-7-10-22(11-8-16)15-18-6-4-3-5-17(18)13-21-19(23)14-20-9-12-24-2;;/h3-6,16,20H,7-15H2,1-2H3,(H,21,23);2*1H. The normalized spacial score (nSPS) is 15.0. The molecule has 0 unspecified atom stereocenters. The topological polar surface area (TPSA) is 53.6 Å². The number of nitrogens with one attached hydrogen (secondary N) is 2. The average Bonchev–Trinajstić information content (AvgIpc) is 2.60. The van der Waals surface area contributed by atoms with Gasteiger partial charge in [-0.25, -0.2) is 0 Å². The number of methoxy groups -OCH3 is 1. The van der Waals surface area contributed by atoms with Crippen molar-refractivity contribution >= 4 is 30.7 Å². The van der Waals surface area contributed by atoms with Gasteiger partial charge in [-0.05, 0) is 43.0 Å². The van der Waals surface area contributed by atoms with Gasteiger partial charge >= 0.3 is 0 Å². The van der Waals surface area contributed by atoms with Crippen LogP contribution in [0.15, 0.2) is 24.3 Å². The molecule has 1 aliphatic rings. The number of amides is 1. The Hall–Kier alpha value is -0.850. The lowest BCUT2D eigenvalue weighted by atomic mass is 9.98. The molecule has 0 saturated carbocycles. The zero-order chi connectivity index (χ0) is 17.2. The van der Waals surface area contributed by atoms with Gasteiger partial charge in [0, 0.05) is 26.7 Å². The highest BCUT2D eigenvalue weighted by Crippen LogP contribution is 2.19. The number of carbonyl (C=O) groups excluding carboxylic acids is 1. The fourth-order valence-corrected chi connectivity index (χ4v) is 2.98. The van der Waals surface area contributed by atoms with Gasteiger partial charge in [0.25, 0.3) is 0 Å². The lowest BCUT2D eigenvalue weighted by Gasteiger charge is -2.30. The van der Waals surface area contributed by atoms with Gasteiger partial charge in [-0.3, -0.25) is 9.69 Å². The number of ether oxygens (including phenoxy) is 1. The zero-order valence-electron chi connectivity index (χ0n) is 15.8. The molecule has 1 fully saturated rings. The Morgan fingerprint density at radius 3 is 2.50 bits per heavy atom. The summed E-state index contributed by atoms with van der Waals surface area (Å²) in [6, 6.07) is 8.41. The Morgan fingerprint density at radius 2 is 1.85 bits per heavy atom. The summed E-state index contributed by atoms with van der Waals surface area (Å²) in [5.74, 6) is 0.870. The number of benzene rings is 1. The van der Waals surface area contributed by atoms with Crippen molar-refractivity contribution in [3.05, 3.63) is 35.4 Å². The maximum Gasteiger partial charge on any atom is 0.234 e. The van der Waals surface area contributed by atoms with E-state index in [0.29, 0.717) is 26.2 Å². The van der Waals surface area contributed by atoms with E-state index < -0.39 is 0 Å². The molecule has 0 atom stereocenters. The van der Waals surface area contributed by atoms with E-state index >= 15 is 0 Å². The van der Waals surface area contributed by atoms with Crippen molar-refractivity contribution in [2.24, 2.45) is 5.92 Å². The number of halogens is 2. The Kier molecular flexibility index (Phi) is 13.8. The molecule has 1 aromatic carbocycles. The summed E-state index contributed by atoms with van der Waals surface area (Å²) in [6.07, 6.45) is 2.57. The molecule has 7 heteroatoms. The minimum atomic E-state index is 0. The van der Waals surface area contributed by atoms with Crippen LogP contribution in [0.3, 0.4) is 0 Å². The molecule has 0 bridgehead atoms. The minimum Gasteiger partial charge on any atom is -0.383 e. The van der Waals surface area contributed by atoms with Crippen molar-refractivity contribution in [2.75, 3.05) is 39.9 Å². The van der Waals surface area contributed by atoms with Crippen LogP contribution in [-0.4, -0.2) is 50.7 Å². The summed E-state index contributed by atoms with van der Waals surface area (Å²) in [5, 5.41) is 6.06. The number of hydrogen-bond acceptors (Lipinski definition) is 4. The fourth-order valence-electron chi connectivity index (χ4n) is 2.98. The van der Waals surface area contributed by atoms with Gasteiger partial charge < -0.3 is 15.4 Å². The van der Waals surface area contributed by atoms with E-state index in [1.165, 1.54) is 37.1 Å². The summed E-state index contributed by atoms with van der Waals surface area (Å²) in [7, 11) is 1.65. The van der Waals surface area contributed by atoms with Crippen molar-refractivity contribution < 1.29 is 9.53 Å². The summed E-state index contributed by atoms with van der Waals surface area (Å²) >= 11 is 0. The molecule has 5 nitrogen and oxygen atoms in total. The molecular formula is C19H33Cl2N3O2. The van der Waals surface area contributed by atoms with Crippen LogP contribution in [0.5, 0.6) is 0 Å². The summed E-state index contributed by atoms with van der Waals surface area (Å²) in [4.78, 5) is 14.4. The largest absolute Gasteiger partial charge is 0.383 e. The SMILES string of the molecule is COCCNCC(=O)NCc1ccccc1CN1CCC(C)CC1.Cl.Cl. The van der Waals surface area contributed by atoms with Crippen LogP contribution < -0.4 is 10.6 Å². The third-order valence-corrected chi connectivity index (χ3v) is 4.63. The number of nitrogens with zero attached hydrogens (tertiary/aromatic N) is 1. The van der Waals surface area contributed by atoms with E-state index in [9.17, 15) is 4.79 Å². The first-order chi connectivity index (χ1) is 11.7. The van der Waals surface area contributed by atoms with Gasteiger partial charge in [0.15, 0.2) is 0 Å². The Labute approximate surface area is 170 Å². The number of piperidine rings is 1. The van der Waals surface area contributed by atoms with Gasteiger partial charge in [-0.1, -0.05) is 31.2 Å². The highest BCUT2D eigenvalue weighted by Gasteiger charge is 2.16. The van der Waals surface area contributed by atoms with E-state index in [-0.39, 0.29) is 30.7 Å². The Balaban J connectivity index is 0.00000312. The molecule has 26 heavy (non-hydrogen) atoms. The van der Waals surface area contributed by atoms with Gasteiger partial charge in [0.1, 0.15) is 0 Å². The second-order valence-corrected chi connectivity index (χ2v) is 6.67. The second-order valence-electron chi connectivity index (χ2n) is 6.67. The smallest absolute Gasteiger partial charge is 0.234 e. The molecule has 150 valence electrons. The number of rotatable bonds is 9. The number of likely N-dealkylation sites (tertiary alicyclic amines) is 1. The van der Waals surface area contributed by atoms with Crippen LogP contribution in [0.2, 0.25) is 0 Å². The van der Waals surface area contributed by atoms with Gasteiger partial charge in [0.05, 0.1) is 13.2 Å². The van der Waals surface area contributed by atoms with Gasteiger partial charge in [0.2, 0.25) is 5.91 Å². The maximum absolute atomic E-state index is 11.9. The van der Waals surface area contributed by atoms with Crippen LogP contribution in [0.1, 0.15) is 30.9 Å². The molecule has 2 N–H and O–H groups in total. The highest BCUT2D eigenvalue weighted by molar-refractivity contribution is 5.85. The molecule has 0 spiro atoms. The molecule has 0 aromatic heterocycles. The van der Waals surface area contributed by atoms with Crippen LogP contribution >= 0.6 is 24.8 Å². The molecule has 0 aliphatic carbocycles. The summed E-state index contributed by atoms with van der Waals surface area (Å²) < 4.78 is 4.95. The highest BCUT2D eigenvalue weighted by atomic mass is 35.5. The third-order valence-electron chi connectivity index (χ3n) is 4.63. The van der Waals surface area contributed by atoms with Crippen LogP contribution in [-0.2, 0) is 22.6 Å². The maximum atomic E-state index is 11.9. The zero-order valence-corrected chi connectivity index (χ0v) is 17.5. The number of hydrogen-bond donors (Lipinski definition) is 2. The van der Waals surface area contributed by atoms with Crippen LogP contribution in [0.25, 0.3) is 0 Å². The minimum absolute atomic E-state index is 0. The first-order valence-corrected chi connectivity index (χ1v) is 8.94. The summed E-state index contributed by atoms with van der Waals surface area (Å²) in [6.45, 7) is 7.88. The van der Waals surface area contributed by atoms with Crippen molar-refractivity contribution in [2.45, 2.75) is 32.9 Å². The monoisotopic (exact) mass is 405 g/mol. The first-order valence-electron chi connectivity index (χ1n) is 8.94. The Morgan fingerprint density at radius 1 is 1.19 bits per heavy atom. The Bertz CT molecular complexity index is 509. The molecular weight excluding hydrogens is 373 g/mol. The van der Waals surface area contributed by atoms with Crippen LogP contribution in [0.4, 0.5) is 0 Å². The summed E-state index contributed by atoms with van der Waals surface area (Å²) in [5.41, 5.74) is 2.53. The van der Waals surface area contributed by atoms with Crippen molar-refractivity contribution in [1.82, 2.24) is 15.5 Å². The lowest BCUT2D eigenvalue weighted by molar-refractivity contribution is -0.120. The predicted molar refractivity (Wildman–Crippen MR) is 111 cm³/mol. The second kappa shape index (κ2) is 14.2. The predicted octanol–water partition coefficient (Wildman–Crippen LogP) is 2.61. The number of carbonyl (C=O) groups is 1. The lowest BCUT2D eigenvalue weighted by Crippen LogP contribution is -2.35. The quantitative estimate of drug-likeness (QED) is 0.619. The average molecular weight is 406 g/mol. The van der Waals surface area contributed by atoms with E-state index in [1.54, 1.807) is 7.11 Å². The van der Waals surface area contributed by atoms with E-state index in [1.807, 2.05) is 6.07 Å². The fraction of sp³-hybridized carbons (Fsp3) is 0.632. The van der Waals surface area contributed by atoms with Crippen LogP contribution in [0, 0.1) is 5.92 Å².